The van der Waals surface area contributed by atoms with Crippen molar-refractivity contribution in [2.45, 2.75) is 52.1 Å². The lowest BCUT2D eigenvalue weighted by Gasteiger charge is -2.31. The van der Waals surface area contributed by atoms with E-state index in [-0.39, 0.29) is 18.2 Å². The number of amides is 2. The summed E-state index contributed by atoms with van der Waals surface area (Å²) in [4.78, 5) is 27.6. The molecule has 0 unspecified atom stereocenters. The third kappa shape index (κ3) is 8.08. The van der Waals surface area contributed by atoms with E-state index in [9.17, 15) is 9.59 Å². The summed E-state index contributed by atoms with van der Waals surface area (Å²) < 4.78 is 11.0. The van der Waals surface area contributed by atoms with Gasteiger partial charge in [-0.1, -0.05) is 37.6 Å². The second-order valence-electron chi connectivity index (χ2n) is 7.49. The molecule has 2 aromatic rings. The van der Waals surface area contributed by atoms with Gasteiger partial charge in [0.25, 0.3) is 0 Å². The summed E-state index contributed by atoms with van der Waals surface area (Å²) in [6.07, 6.45) is 2.21. The number of methoxy groups -OCH3 is 1. The SMILES string of the molecule is CCCNC(=O)[C@@H](CC)N(Cc1cccc(OC)c1)C(=O)CCCOc1ccc(Cl)cc1. The molecule has 32 heavy (non-hydrogen) atoms. The lowest BCUT2D eigenvalue weighted by atomic mass is 10.1. The van der Waals surface area contributed by atoms with Gasteiger partial charge in [0.15, 0.2) is 0 Å². The van der Waals surface area contributed by atoms with Crippen LogP contribution < -0.4 is 14.8 Å². The van der Waals surface area contributed by atoms with Gasteiger partial charge in [-0.15, -0.1) is 0 Å². The molecule has 0 radical (unpaired) electrons. The van der Waals surface area contributed by atoms with E-state index >= 15 is 0 Å². The summed E-state index contributed by atoms with van der Waals surface area (Å²) in [5.74, 6) is 1.23. The van der Waals surface area contributed by atoms with Crippen molar-refractivity contribution in [2.24, 2.45) is 0 Å². The van der Waals surface area contributed by atoms with Gasteiger partial charge >= 0.3 is 0 Å². The van der Waals surface area contributed by atoms with E-state index in [1.54, 1.807) is 36.3 Å². The van der Waals surface area contributed by atoms with Crippen molar-refractivity contribution in [2.75, 3.05) is 20.3 Å². The lowest BCUT2D eigenvalue weighted by molar-refractivity contribution is -0.141. The molecule has 2 amide bonds. The number of rotatable bonds is 13. The first-order valence-electron chi connectivity index (χ1n) is 11.1. The Bertz CT molecular complexity index is 857. The minimum absolute atomic E-state index is 0.0778. The Morgan fingerprint density at radius 3 is 2.50 bits per heavy atom. The highest BCUT2D eigenvalue weighted by Crippen LogP contribution is 2.19. The Kier molecular flexibility index (Phi) is 10.9. The third-order valence-electron chi connectivity index (χ3n) is 5.04. The number of carbonyl (C=O) groups excluding carboxylic acids is 2. The molecule has 174 valence electrons. The Labute approximate surface area is 195 Å². The maximum absolute atomic E-state index is 13.2. The molecule has 2 rings (SSSR count). The molecule has 0 spiro atoms. The van der Waals surface area contributed by atoms with Gasteiger partial charge in [0.2, 0.25) is 11.8 Å². The summed E-state index contributed by atoms with van der Waals surface area (Å²) in [6, 6.07) is 14.2. The van der Waals surface area contributed by atoms with Crippen LogP contribution in [-0.2, 0) is 16.1 Å². The fourth-order valence-corrected chi connectivity index (χ4v) is 3.47. The number of nitrogens with zero attached hydrogens (tertiary/aromatic N) is 1. The minimum atomic E-state index is -0.530. The lowest BCUT2D eigenvalue weighted by Crippen LogP contribution is -2.49. The van der Waals surface area contributed by atoms with Crippen molar-refractivity contribution in [3.05, 3.63) is 59.1 Å². The standard InChI is InChI=1S/C25H33ClN2O4/c1-4-15-27-25(30)23(5-2)28(18-19-8-6-9-22(17-19)31-3)24(29)10-7-16-32-21-13-11-20(26)12-14-21/h6,8-9,11-14,17,23H,4-5,7,10,15-16,18H2,1-3H3,(H,27,30)/t23-/m1/s1. The average Bonchev–Trinajstić information content (AvgIpc) is 2.81. The van der Waals surface area contributed by atoms with Gasteiger partial charge < -0.3 is 19.7 Å². The first-order valence-corrected chi connectivity index (χ1v) is 11.4. The Balaban J connectivity index is 2.06. The molecule has 0 aliphatic carbocycles. The number of nitrogens with one attached hydrogen (secondary N) is 1. The normalized spacial score (nSPS) is 11.5. The Hall–Kier alpha value is -2.73. The molecule has 0 aliphatic heterocycles. The van der Waals surface area contributed by atoms with Crippen LogP contribution in [0.15, 0.2) is 48.5 Å². The monoisotopic (exact) mass is 460 g/mol. The molecule has 1 atom stereocenters. The van der Waals surface area contributed by atoms with Crippen molar-refractivity contribution >= 4 is 23.4 Å². The largest absolute Gasteiger partial charge is 0.497 e. The van der Waals surface area contributed by atoms with E-state index in [1.165, 1.54) is 0 Å². The molecule has 0 bridgehead atoms. The molecule has 0 aliphatic rings. The third-order valence-corrected chi connectivity index (χ3v) is 5.29. The molecular weight excluding hydrogens is 428 g/mol. The zero-order chi connectivity index (χ0) is 23.3. The van der Waals surface area contributed by atoms with Crippen LogP contribution >= 0.6 is 11.6 Å². The van der Waals surface area contributed by atoms with Gasteiger partial charge in [-0.25, -0.2) is 0 Å². The summed E-state index contributed by atoms with van der Waals surface area (Å²) in [5, 5.41) is 3.57. The van der Waals surface area contributed by atoms with E-state index in [4.69, 9.17) is 21.1 Å². The van der Waals surface area contributed by atoms with E-state index < -0.39 is 6.04 Å². The van der Waals surface area contributed by atoms with Crippen molar-refractivity contribution in [1.29, 1.82) is 0 Å². The quantitative estimate of drug-likeness (QED) is 0.434. The van der Waals surface area contributed by atoms with Crippen LogP contribution in [0.4, 0.5) is 0 Å². The minimum Gasteiger partial charge on any atom is -0.497 e. The maximum atomic E-state index is 13.2. The highest BCUT2D eigenvalue weighted by molar-refractivity contribution is 6.30. The number of hydrogen-bond acceptors (Lipinski definition) is 4. The Morgan fingerprint density at radius 1 is 1.09 bits per heavy atom. The van der Waals surface area contributed by atoms with Crippen LogP contribution in [-0.4, -0.2) is 43.0 Å². The molecule has 2 aromatic carbocycles. The second kappa shape index (κ2) is 13.6. The number of hydrogen-bond donors (Lipinski definition) is 1. The van der Waals surface area contributed by atoms with E-state index in [0.717, 1.165) is 17.7 Å². The molecule has 0 fully saturated rings. The number of halogens is 1. The first-order chi connectivity index (χ1) is 15.5. The van der Waals surface area contributed by atoms with Crippen molar-refractivity contribution < 1.29 is 19.1 Å². The zero-order valence-corrected chi connectivity index (χ0v) is 19.9. The highest BCUT2D eigenvalue weighted by Gasteiger charge is 2.28. The molecule has 0 heterocycles. The number of ether oxygens (including phenoxy) is 2. The highest BCUT2D eigenvalue weighted by atomic mass is 35.5. The van der Waals surface area contributed by atoms with Crippen LogP contribution in [0.25, 0.3) is 0 Å². The van der Waals surface area contributed by atoms with E-state index in [0.29, 0.717) is 43.3 Å². The predicted octanol–water partition coefficient (Wildman–Crippen LogP) is 4.84. The van der Waals surface area contributed by atoms with Gasteiger partial charge in [0.05, 0.1) is 13.7 Å². The Morgan fingerprint density at radius 2 is 1.84 bits per heavy atom. The van der Waals surface area contributed by atoms with Crippen molar-refractivity contribution in [3.63, 3.8) is 0 Å². The van der Waals surface area contributed by atoms with E-state index in [2.05, 4.69) is 5.32 Å². The van der Waals surface area contributed by atoms with Gasteiger partial charge in [-0.05, 0) is 61.2 Å². The zero-order valence-electron chi connectivity index (χ0n) is 19.1. The number of carbonyl (C=O) groups is 2. The molecular formula is C25H33ClN2O4. The molecule has 0 aromatic heterocycles. The first kappa shape index (κ1) is 25.5. The van der Waals surface area contributed by atoms with Crippen LogP contribution in [0.5, 0.6) is 11.5 Å². The van der Waals surface area contributed by atoms with Crippen LogP contribution in [0.1, 0.15) is 45.1 Å². The average molecular weight is 461 g/mol. The summed E-state index contributed by atoms with van der Waals surface area (Å²) in [5.41, 5.74) is 0.914. The van der Waals surface area contributed by atoms with Gasteiger partial charge in [0, 0.05) is 24.5 Å². The molecule has 6 nitrogen and oxygen atoms in total. The summed E-state index contributed by atoms with van der Waals surface area (Å²) in [6.45, 7) is 5.25. The van der Waals surface area contributed by atoms with Crippen LogP contribution in [0, 0.1) is 0 Å². The van der Waals surface area contributed by atoms with E-state index in [1.807, 2.05) is 38.1 Å². The van der Waals surface area contributed by atoms with Gasteiger partial charge in [0.1, 0.15) is 17.5 Å². The fourth-order valence-electron chi connectivity index (χ4n) is 3.34. The predicted molar refractivity (Wildman–Crippen MR) is 127 cm³/mol. The van der Waals surface area contributed by atoms with Crippen LogP contribution in [0.3, 0.4) is 0 Å². The maximum Gasteiger partial charge on any atom is 0.242 e. The van der Waals surface area contributed by atoms with Crippen molar-refractivity contribution in [3.8, 4) is 11.5 Å². The molecule has 7 heteroatoms. The van der Waals surface area contributed by atoms with Crippen LogP contribution in [0.2, 0.25) is 5.02 Å². The summed E-state index contributed by atoms with van der Waals surface area (Å²) in [7, 11) is 1.61. The smallest absolute Gasteiger partial charge is 0.242 e. The molecule has 0 saturated carbocycles. The number of benzene rings is 2. The summed E-state index contributed by atoms with van der Waals surface area (Å²) >= 11 is 5.89. The second-order valence-corrected chi connectivity index (χ2v) is 7.93. The molecule has 1 N–H and O–H groups in total. The van der Waals surface area contributed by atoms with Gasteiger partial charge in [-0.3, -0.25) is 9.59 Å². The topological polar surface area (TPSA) is 67.9 Å². The van der Waals surface area contributed by atoms with Crippen molar-refractivity contribution in [1.82, 2.24) is 10.2 Å². The van der Waals surface area contributed by atoms with Gasteiger partial charge in [-0.2, -0.15) is 0 Å². The molecule has 0 saturated heterocycles. The fraction of sp³-hybridized carbons (Fsp3) is 0.440.